The first-order valence-corrected chi connectivity index (χ1v) is 6.35. The molecule has 0 aliphatic carbocycles. The molecule has 0 bridgehead atoms. The fraction of sp³-hybridized carbons (Fsp3) is 0. The number of aromatic nitrogens is 2. The van der Waals surface area contributed by atoms with Crippen molar-refractivity contribution < 1.29 is 0 Å². The molecule has 4 heteroatoms. The lowest BCUT2D eigenvalue weighted by atomic mass is 10.1. The van der Waals surface area contributed by atoms with Crippen molar-refractivity contribution in [2.24, 2.45) is 5.10 Å². The Morgan fingerprint density at radius 2 is 1.80 bits per heavy atom. The van der Waals surface area contributed by atoms with Crippen molar-refractivity contribution in [2.75, 3.05) is 5.43 Å². The number of anilines is 1. The number of benzene rings is 2. The molecular formula is C16H14N4. The van der Waals surface area contributed by atoms with Gasteiger partial charge in [0.2, 0.25) is 0 Å². The summed E-state index contributed by atoms with van der Waals surface area (Å²) in [6.07, 6.45) is 5.28. The van der Waals surface area contributed by atoms with Crippen LogP contribution in [0.25, 0.3) is 11.3 Å². The summed E-state index contributed by atoms with van der Waals surface area (Å²) in [4.78, 5) is 7.09. The third-order valence-corrected chi connectivity index (χ3v) is 2.90. The monoisotopic (exact) mass is 262 g/mol. The van der Waals surface area contributed by atoms with E-state index >= 15 is 0 Å². The van der Waals surface area contributed by atoms with Gasteiger partial charge < -0.3 is 4.98 Å². The molecule has 0 atom stereocenters. The van der Waals surface area contributed by atoms with Crippen molar-refractivity contribution in [3.05, 3.63) is 72.7 Å². The molecule has 0 saturated carbocycles. The summed E-state index contributed by atoms with van der Waals surface area (Å²) >= 11 is 0. The Morgan fingerprint density at radius 3 is 2.50 bits per heavy atom. The van der Waals surface area contributed by atoms with Crippen molar-refractivity contribution in [1.29, 1.82) is 0 Å². The Balaban J connectivity index is 1.66. The van der Waals surface area contributed by atoms with Crippen LogP contribution in [0.2, 0.25) is 0 Å². The van der Waals surface area contributed by atoms with Crippen LogP contribution in [0.15, 0.2) is 72.2 Å². The smallest absolute Gasteiger partial charge is 0.0924 e. The lowest BCUT2D eigenvalue weighted by Gasteiger charge is -2.00. The van der Waals surface area contributed by atoms with Crippen LogP contribution in [0.4, 0.5) is 5.69 Å². The van der Waals surface area contributed by atoms with Crippen LogP contribution in [-0.2, 0) is 0 Å². The summed E-state index contributed by atoms with van der Waals surface area (Å²) in [5.41, 5.74) is 7.11. The fourth-order valence-corrected chi connectivity index (χ4v) is 1.86. The maximum absolute atomic E-state index is 4.21. The molecule has 2 N–H and O–H groups in total. The van der Waals surface area contributed by atoms with Gasteiger partial charge in [-0.2, -0.15) is 5.10 Å². The van der Waals surface area contributed by atoms with E-state index in [2.05, 4.69) is 20.5 Å². The van der Waals surface area contributed by atoms with Gasteiger partial charge in [0.05, 0.1) is 30.1 Å². The topological polar surface area (TPSA) is 53.1 Å². The zero-order valence-electron chi connectivity index (χ0n) is 10.8. The van der Waals surface area contributed by atoms with Crippen molar-refractivity contribution in [3.63, 3.8) is 0 Å². The molecule has 0 amide bonds. The first-order valence-electron chi connectivity index (χ1n) is 6.35. The van der Waals surface area contributed by atoms with E-state index in [0.29, 0.717) is 0 Å². The van der Waals surface area contributed by atoms with Gasteiger partial charge in [-0.25, -0.2) is 4.98 Å². The highest BCUT2D eigenvalue weighted by atomic mass is 15.3. The van der Waals surface area contributed by atoms with Gasteiger partial charge in [0, 0.05) is 0 Å². The van der Waals surface area contributed by atoms with Crippen LogP contribution in [0.3, 0.4) is 0 Å². The molecule has 0 radical (unpaired) electrons. The Hall–Kier alpha value is -2.88. The van der Waals surface area contributed by atoms with Gasteiger partial charge in [-0.15, -0.1) is 0 Å². The maximum atomic E-state index is 4.21. The number of rotatable bonds is 4. The Bertz CT molecular complexity index is 670. The Kier molecular flexibility index (Phi) is 3.55. The van der Waals surface area contributed by atoms with Gasteiger partial charge in [-0.05, 0) is 23.3 Å². The van der Waals surface area contributed by atoms with Gasteiger partial charge in [0.25, 0.3) is 0 Å². The number of hydrogen-bond donors (Lipinski definition) is 2. The van der Waals surface area contributed by atoms with Crippen LogP contribution in [-0.4, -0.2) is 16.2 Å². The minimum Gasteiger partial charge on any atom is -0.345 e. The maximum Gasteiger partial charge on any atom is 0.0924 e. The summed E-state index contributed by atoms with van der Waals surface area (Å²) in [6.45, 7) is 0. The van der Waals surface area contributed by atoms with E-state index in [-0.39, 0.29) is 0 Å². The molecule has 0 aliphatic heterocycles. The SMILES string of the molecule is C(=NNc1ccccc1)c1ccc(-c2cnc[nH]2)cc1. The second-order valence-corrected chi connectivity index (χ2v) is 4.32. The largest absolute Gasteiger partial charge is 0.345 e. The summed E-state index contributed by atoms with van der Waals surface area (Å²) in [5, 5.41) is 4.21. The molecule has 1 heterocycles. The van der Waals surface area contributed by atoms with E-state index in [1.165, 1.54) is 0 Å². The number of imidazole rings is 1. The number of H-pyrrole nitrogens is 1. The summed E-state index contributed by atoms with van der Waals surface area (Å²) < 4.78 is 0. The van der Waals surface area contributed by atoms with Gasteiger partial charge in [-0.1, -0.05) is 42.5 Å². The van der Waals surface area contributed by atoms with Gasteiger partial charge in [0.1, 0.15) is 0 Å². The number of nitrogens with zero attached hydrogens (tertiary/aromatic N) is 2. The molecule has 20 heavy (non-hydrogen) atoms. The zero-order valence-corrected chi connectivity index (χ0v) is 10.8. The summed E-state index contributed by atoms with van der Waals surface area (Å²) in [6, 6.07) is 18.0. The number of nitrogens with one attached hydrogen (secondary N) is 2. The van der Waals surface area contributed by atoms with Crippen LogP contribution in [0.1, 0.15) is 5.56 Å². The van der Waals surface area contributed by atoms with Crippen molar-refractivity contribution in [1.82, 2.24) is 9.97 Å². The first kappa shape index (κ1) is 12.2. The van der Waals surface area contributed by atoms with E-state index in [4.69, 9.17) is 0 Å². The summed E-state index contributed by atoms with van der Waals surface area (Å²) in [5.74, 6) is 0. The molecule has 4 nitrogen and oxygen atoms in total. The van der Waals surface area contributed by atoms with Gasteiger partial charge >= 0.3 is 0 Å². The average Bonchev–Trinajstić information content (AvgIpc) is 3.03. The van der Waals surface area contributed by atoms with E-state index < -0.39 is 0 Å². The lowest BCUT2D eigenvalue weighted by Crippen LogP contribution is -1.90. The standard InChI is InChI=1S/C16H14N4/c1-2-4-15(5-3-1)20-19-10-13-6-8-14(9-7-13)16-11-17-12-18-16/h1-12,20H,(H,17,18). The van der Waals surface area contributed by atoms with Crippen LogP contribution in [0.5, 0.6) is 0 Å². The first-order chi connectivity index (χ1) is 9.92. The number of hydrogen-bond acceptors (Lipinski definition) is 3. The molecule has 0 saturated heterocycles. The highest BCUT2D eigenvalue weighted by molar-refractivity contribution is 5.81. The van der Waals surface area contributed by atoms with E-state index in [1.54, 1.807) is 18.7 Å². The van der Waals surface area contributed by atoms with Gasteiger partial charge in [-0.3, -0.25) is 5.43 Å². The molecular weight excluding hydrogens is 248 g/mol. The fourth-order valence-electron chi connectivity index (χ4n) is 1.86. The van der Waals surface area contributed by atoms with E-state index in [1.807, 2.05) is 54.6 Å². The van der Waals surface area contributed by atoms with E-state index in [9.17, 15) is 0 Å². The normalized spacial score (nSPS) is 10.8. The molecule has 0 fully saturated rings. The predicted molar refractivity (Wildman–Crippen MR) is 81.7 cm³/mol. The lowest BCUT2D eigenvalue weighted by molar-refractivity contribution is 1.31. The third kappa shape index (κ3) is 2.92. The quantitative estimate of drug-likeness (QED) is 0.558. The highest BCUT2D eigenvalue weighted by Crippen LogP contribution is 2.15. The van der Waals surface area contributed by atoms with Crippen molar-refractivity contribution >= 4 is 11.9 Å². The van der Waals surface area contributed by atoms with Crippen LogP contribution < -0.4 is 5.43 Å². The molecule has 0 spiro atoms. The number of aromatic amines is 1. The average molecular weight is 262 g/mol. The second kappa shape index (κ2) is 5.84. The molecule has 3 aromatic rings. The van der Waals surface area contributed by atoms with Crippen molar-refractivity contribution in [3.8, 4) is 11.3 Å². The zero-order chi connectivity index (χ0) is 13.6. The van der Waals surface area contributed by atoms with Crippen LogP contribution in [0, 0.1) is 0 Å². The third-order valence-electron chi connectivity index (χ3n) is 2.90. The molecule has 1 aromatic heterocycles. The van der Waals surface area contributed by atoms with Gasteiger partial charge in [0.15, 0.2) is 0 Å². The number of hydrazone groups is 1. The highest BCUT2D eigenvalue weighted by Gasteiger charge is 1.97. The predicted octanol–water partition coefficient (Wildman–Crippen LogP) is 3.52. The Labute approximate surface area is 117 Å². The minimum absolute atomic E-state index is 0.970. The summed E-state index contributed by atoms with van der Waals surface area (Å²) in [7, 11) is 0. The van der Waals surface area contributed by atoms with Crippen LogP contribution >= 0.6 is 0 Å². The molecule has 2 aromatic carbocycles. The molecule has 0 aliphatic rings. The molecule has 98 valence electrons. The molecule has 3 rings (SSSR count). The second-order valence-electron chi connectivity index (χ2n) is 4.32. The van der Waals surface area contributed by atoms with Crippen molar-refractivity contribution in [2.45, 2.75) is 0 Å². The Morgan fingerprint density at radius 1 is 1.00 bits per heavy atom. The minimum atomic E-state index is 0.970. The number of para-hydroxylation sites is 1. The molecule has 0 unspecified atom stereocenters. The van der Waals surface area contributed by atoms with E-state index in [0.717, 1.165) is 22.5 Å².